The molecule has 1 aromatic rings. The number of hydrogen-bond acceptors (Lipinski definition) is 5. The SMILES string of the molecule is CCC(C)C(=O)OCC1CCC(Oc2ccc(OC(F)(F)F)c(F)c2)C(O)C1. The zero-order chi connectivity index (χ0) is 20.9. The Labute approximate surface area is 160 Å². The molecule has 158 valence electrons. The van der Waals surface area contributed by atoms with E-state index in [2.05, 4.69) is 4.74 Å². The standard InChI is InChI=1S/C19H24F4O5/c1-3-11(2)18(25)26-10-12-4-6-17(15(24)8-12)27-13-5-7-16(14(20)9-13)28-19(21,22)23/h5,7,9,11-12,15,17,24H,3-4,6,8,10H2,1-2H3. The summed E-state index contributed by atoms with van der Waals surface area (Å²) in [6, 6.07) is 2.76. The van der Waals surface area contributed by atoms with Crippen LogP contribution in [0.2, 0.25) is 0 Å². The third-order valence-electron chi connectivity index (χ3n) is 4.76. The summed E-state index contributed by atoms with van der Waals surface area (Å²) in [7, 11) is 0. The fraction of sp³-hybridized carbons (Fsp3) is 0.632. The molecule has 0 spiro atoms. The molecule has 1 aliphatic carbocycles. The van der Waals surface area contributed by atoms with E-state index in [1.807, 2.05) is 6.92 Å². The van der Waals surface area contributed by atoms with Crippen LogP contribution in [0.1, 0.15) is 39.5 Å². The van der Waals surface area contributed by atoms with Crippen LogP contribution in [0.15, 0.2) is 18.2 Å². The monoisotopic (exact) mass is 408 g/mol. The molecule has 1 N–H and O–H groups in total. The van der Waals surface area contributed by atoms with Gasteiger partial charge in [0.2, 0.25) is 0 Å². The molecule has 4 atom stereocenters. The minimum absolute atomic E-state index is 0.00211. The van der Waals surface area contributed by atoms with E-state index < -0.39 is 30.1 Å². The normalized spacial score (nSPS) is 23.8. The zero-order valence-corrected chi connectivity index (χ0v) is 15.7. The predicted octanol–water partition coefficient (Wildman–Crippen LogP) is 4.22. The molecule has 1 saturated carbocycles. The average molecular weight is 408 g/mol. The molecule has 0 saturated heterocycles. The van der Waals surface area contributed by atoms with Gasteiger partial charge in [0.25, 0.3) is 0 Å². The second-order valence-electron chi connectivity index (χ2n) is 6.98. The summed E-state index contributed by atoms with van der Waals surface area (Å²) in [5.74, 6) is -2.63. The second-order valence-corrected chi connectivity index (χ2v) is 6.98. The second kappa shape index (κ2) is 9.45. The average Bonchev–Trinajstić information content (AvgIpc) is 2.62. The van der Waals surface area contributed by atoms with Gasteiger partial charge < -0.3 is 19.3 Å². The number of hydrogen-bond donors (Lipinski definition) is 1. The fourth-order valence-corrected chi connectivity index (χ4v) is 2.94. The number of aliphatic hydroxyl groups is 1. The molecule has 0 radical (unpaired) electrons. The molecule has 0 aliphatic heterocycles. The lowest BCUT2D eigenvalue weighted by atomic mass is 9.85. The van der Waals surface area contributed by atoms with Gasteiger partial charge in [0.1, 0.15) is 11.9 Å². The van der Waals surface area contributed by atoms with Crippen molar-refractivity contribution < 1.29 is 41.7 Å². The van der Waals surface area contributed by atoms with Crippen LogP contribution in [0.3, 0.4) is 0 Å². The Morgan fingerprint density at radius 3 is 2.61 bits per heavy atom. The largest absolute Gasteiger partial charge is 0.573 e. The van der Waals surface area contributed by atoms with Crippen molar-refractivity contribution >= 4 is 5.97 Å². The molecule has 0 bridgehead atoms. The molecular weight excluding hydrogens is 384 g/mol. The lowest BCUT2D eigenvalue weighted by Gasteiger charge is -2.33. The topological polar surface area (TPSA) is 65.0 Å². The first kappa shape index (κ1) is 22.3. The molecule has 0 heterocycles. The summed E-state index contributed by atoms with van der Waals surface area (Å²) < 4.78 is 64.6. The van der Waals surface area contributed by atoms with E-state index in [-0.39, 0.29) is 30.2 Å². The highest BCUT2D eigenvalue weighted by Gasteiger charge is 2.33. The van der Waals surface area contributed by atoms with Crippen molar-refractivity contribution in [2.24, 2.45) is 11.8 Å². The first-order valence-electron chi connectivity index (χ1n) is 9.15. The number of carbonyl (C=O) groups is 1. The van der Waals surface area contributed by atoms with Crippen LogP contribution in [0.25, 0.3) is 0 Å². The summed E-state index contributed by atoms with van der Waals surface area (Å²) >= 11 is 0. The van der Waals surface area contributed by atoms with Gasteiger partial charge in [-0.3, -0.25) is 4.79 Å². The highest BCUT2D eigenvalue weighted by Crippen LogP contribution is 2.32. The number of alkyl halides is 3. The van der Waals surface area contributed by atoms with Gasteiger partial charge >= 0.3 is 12.3 Å². The predicted molar refractivity (Wildman–Crippen MR) is 91.3 cm³/mol. The Morgan fingerprint density at radius 1 is 1.32 bits per heavy atom. The number of esters is 1. The molecule has 1 aliphatic rings. The molecule has 28 heavy (non-hydrogen) atoms. The summed E-state index contributed by atoms with van der Waals surface area (Å²) in [4.78, 5) is 11.7. The first-order valence-corrected chi connectivity index (χ1v) is 9.15. The maximum atomic E-state index is 13.7. The molecular formula is C19H24F4O5. The van der Waals surface area contributed by atoms with Crippen LogP contribution in [0.5, 0.6) is 11.5 Å². The van der Waals surface area contributed by atoms with Gasteiger partial charge in [0.05, 0.1) is 18.6 Å². The van der Waals surface area contributed by atoms with Crippen LogP contribution >= 0.6 is 0 Å². The maximum Gasteiger partial charge on any atom is 0.573 e. The molecule has 5 nitrogen and oxygen atoms in total. The van der Waals surface area contributed by atoms with Crippen LogP contribution in [-0.2, 0) is 9.53 Å². The van der Waals surface area contributed by atoms with Crippen molar-refractivity contribution in [3.8, 4) is 11.5 Å². The van der Waals surface area contributed by atoms with Gasteiger partial charge in [0.15, 0.2) is 11.6 Å². The van der Waals surface area contributed by atoms with Gasteiger partial charge in [-0.05, 0) is 43.7 Å². The third kappa shape index (κ3) is 6.54. The summed E-state index contributed by atoms with van der Waals surface area (Å²) in [5, 5.41) is 10.3. The summed E-state index contributed by atoms with van der Waals surface area (Å²) in [6.07, 6.45) is -4.38. The van der Waals surface area contributed by atoms with Gasteiger partial charge in [-0.1, -0.05) is 13.8 Å². The molecule has 0 aromatic heterocycles. The Bertz CT molecular complexity index is 664. The highest BCUT2D eigenvalue weighted by atomic mass is 19.4. The Balaban J connectivity index is 1.86. The lowest BCUT2D eigenvalue weighted by Crippen LogP contribution is -2.39. The number of aliphatic hydroxyl groups excluding tert-OH is 1. The molecule has 0 amide bonds. The van der Waals surface area contributed by atoms with Crippen LogP contribution < -0.4 is 9.47 Å². The Kier molecular flexibility index (Phi) is 7.51. The number of rotatable bonds is 7. The summed E-state index contributed by atoms with van der Waals surface area (Å²) in [6.45, 7) is 3.89. The number of carbonyl (C=O) groups excluding carboxylic acids is 1. The van der Waals surface area contributed by atoms with Crippen molar-refractivity contribution in [1.29, 1.82) is 0 Å². The Morgan fingerprint density at radius 2 is 2.04 bits per heavy atom. The quantitative estimate of drug-likeness (QED) is 0.541. The zero-order valence-electron chi connectivity index (χ0n) is 15.7. The van der Waals surface area contributed by atoms with E-state index in [1.165, 1.54) is 0 Å². The van der Waals surface area contributed by atoms with Crippen LogP contribution in [0.4, 0.5) is 17.6 Å². The fourth-order valence-electron chi connectivity index (χ4n) is 2.94. The number of ether oxygens (including phenoxy) is 3. The smallest absolute Gasteiger partial charge is 0.488 e. The van der Waals surface area contributed by atoms with Crippen molar-refractivity contribution in [2.45, 2.75) is 58.1 Å². The molecule has 1 fully saturated rings. The van der Waals surface area contributed by atoms with Crippen LogP contribution in [0, 0.1) is 17.7 Å². The van der Waals surface area contributed by atoms with Crippen LogP contribution in [-0.4, -0.2) is 36.3 Å². The van der Waals surface area contributed by atoms with Gasteiger partial charge in [0, 0.05) is 6.07 Å². The summed E-state index contributed by atoms with van der Waals surface area (Å²) in [5.41, 5.74) is 0. The van der Waals surface area contributed by atoms with E-state index in [0.717, 1.165) is 18.2 Å². The van der Waals surface area contributed by atoms with E-state index in [1.54, 1.807) is 6.92 Å². The van der Waals surface area contributed by atoms with Crippen molar-refractivity contribution in [1.82, 2.24) is 0 Å². The number of benzene rings is 1. The van der Waals surface area contributed by atoms with E-state index in [9.17, 15) is 27.5 Å². The van der Waals surface area contributed by atoms with Gasteiger partial charge in [-0.25, -0.2) is 4.39 Å². The maximum absolute atomic E-state index is 13.7. The molecule has 2 rings (SSSR count). The van der Waals surface area contributed by atoms with Gasteiger partial charge in [-0.2, -0.15) is 0 Å². The first-order chi connectivity index (χ1) is 13.1. The van der Waals surface area contributed by atoms with Crippen molar-refractivity contribution in [2.75, 3.05) is 6.61 Å². The lowest BCUT2D eigenvalue weighted by molar-refractivity contribution is -0.275. The van der Waals surface area contributed by atoms with Crippen molar-refractivity contribution in [3.63, 3.8) is 0 Å². The number of halogens is 4. The molecule has 4 unspecified atom stereocenters. The molecule has 9 heteroatoms. The third-order valence-corrected chi connectivity index (χ3v) is 4.76. The minimum atomic E-state index is -4.99. The minimum Gasteiger partial charge on any atom is -0.488 e. The van der Waals surface area contributed by atoms with Gasteiger partial charge in [-0.15, -0.1) is 13.2 Å². The Hall–Kier alpha value is -2.03. The van der Waals surface area contributed by atoms with E-state index in [4.69, 9.17) is 9.47 Å². The highest BCUT2D eigenvalue weighted by molar-refractivity contribution is 5.71. The van der Waals surface area contributed by atoms with E-state index in [0.29, 0.717) is 25.7 Å². The van der Waals surface area contributed by atoms with E-state index >= 15 is 0 Å². The van der Waals surface area contributed by atoms with Crippen molar-refractivity contribution in [3.05, 3.63) is 24.0 Å². The molecule has 1 aromatic carbocycles.